The zero-order valence-corrected chi connectivity index (χ0v) is 6.07. The first kappa shape index (κ1) is 6.37. The number of hydrogen-bond donors (Lipinski definition) is 1. The molecule has 0 saturated heterocycles. The Morgan fingerprint density at radius 3 is 3.09 bits per heavy atom. The van der Waals surface area contributed by atoms with E-state index in [1.54, 1.807) is 0 Å². The van der Waals surface area contributed by atoms with Crippen LogP contribution in [0.5, 0.6) is 0 Å². The fraction of sp³-hybridized carbons (Fsp3) is 0.125. The van der Waals surface area contributed by atoms with E-state index in [1.165, 1.54) is 0 Å². The maximum atomic E-state index is 5.44. The number of imidazole rings is 1. The minimum Gasteiger partial charge on any atom is -0.325 e. The number of aromatic nitrogens is 2. The van der Waals surface area contributed by atoms with Crippen LogP contribution in [0.25, 0.3) is 5.65 Å². The van der Waals surface area contributed by atoms with Crippen LogP contribution in [0.4, 0.5) is 0 Å². The molecule has 0 atom stereocenters. The lowest BCUT2D eigenvalue weighted by Crippen LogP contribution is -1.95. The summed E-state index contributed by atoms with van der Waals surface area (Å²) in [6.45, 7) is 0.502. The number of pyridine rings is 1. The first-order valence-electron chi connectivity index (χ1n) is 3.53. The predicted molar refractivity (Wildman–Crippen MR) is 43.1 cm³/mol. The number of nitrogens with two attached hydrogens (primary N) is 1. The van der Waals surface area contributed by atoms with Crippen molar-refractivity contribution in [2.24, 2.45) is 5.73 Å². The molecule has 0 saturated carbocycles. The van der Waals surface area contributed by atoms with Gasteiger partial charge in [-0.2, -0.15) is 0 Å². The van der Waals surface area contributed by atoms with Crippen molar-refractivity contribution in [1.82, 2.24) is 9.38 Å². The zero-order chi connectivity index (χ0) is 7.68. The summed E-state index contributed by atoms with van der Waals surface area (Å²) >= 11 is 0. The highest BCUT2D eigenvalue weighted by molar-refractivity contribution is 5.39. The molecule has 0 unspecified atom stereocenters. The largest absolute Gasteiger partial charge is 0.325 e. The van der Waals surface area contributed by atoms with Crippen LogP contribution >= 0.6 is 0 Å². The summed E-state index contributed by atoms with van der Waals surface area (Å²) in [5.74, 6) is 0. The first-order chi connectivity index (χ1) is 5.40. The lowest BCUT2D eigenvalue weighted by molar-refractivity contribution is 1.02. The van der Waals surface area contributed by atoms with Crippen molar-refractivity contribution in [1.29, 1.82) is 0 Å². The predicted octanol–water partition coefficient (Wildman–Crippen LogP) is 0.793. The highest BCUT2D eigenvalue weighted by Gasteiger charge is 1.95. The smallest absolute Gasteiger partial charge is 0.137 e. The van der Waals surface area contributed by atoms with Gasteiger partial charge in [0, 0.05) is 18.9 Å². The molecule has 2 heterocycles. The molecule has 0 amide bonds. The average molecular weight is 147 g/mol. The lowest BCUT2D eigenvalue weighted by atomic mass is 10.5. The Balaban J connectivity index is 2.69. The van der Waals surface area contributed by atoms with Crippen molar-refractivity contribution < 1.29 is 0 Å². The van der Waals surface area contributed by atoms with Crippen molar-refractivity contribution in [3.8, 4) is 0 Å². The Morgan fingerprint density at radius 1 is 1.45 bits per heavy atom. The molecule has 0 radical (unpaired) electrons. The quantitative estimate of drug-likeness (QED) is 0.648. The molecule has 0 bridgehead atoms. The van der Waals surface area contributed by atoms with Crippen molar-refractivity contribution in [2.75, 3.05) is 0 Å². The third-order valence-corrected chi connectivity index (χ3v) is 1.62. The summed E-state index contributed by atoms with van der Waals surface area (Å²) in [4.78, 5) is 4.27. The minimum absolute atomic E-state index is 0.502. The van der Waals surface area contributed by atoms with Gasteiger partial charge in [0.1, 0.15) is 5.65 Å². The average Bonchev–Trinajstić information content (AvgIpc) is 2.46. The second kappa shape index (κ2) is 2.36. The van der Waals surface area contributed by atoms with E-state index in [2.05, 4.69) is 4.98 Å². The molecule has 2 rings (SSSR count). The van der Waals surface area contributed by atoms with Gasteiger partial charge in [-0.1, -0.05) is 6.07 Å². The molecule has 0 aliphatic heterocycles. The highest BCUT2D eigenvalue weighted by atomic mass is 15.0. The van der Waals surface area contributed by atoms with Crippen LogP contribution in [-0.2, 0) is 6.54 Å². The Kier molecular flexibility index (Phi) is 1.36. The summed E-state index contributed by atoms with van der Waals surface area (Å²) < 4.78 is 1.96. The van der Waals surface area contributed by atoms with Crippen molar-refractivity contribution in [3.63, 3.8) is 0 Å². The molecule has 2 aromatic heterocycles. The second-order valence-electron chi connectivity index (χ2n) is 2.40. The van der Waals surface area contributed by atoms with E-state index in [0.717, 1.165) is 11.3 Å². The summed E-state index contributed by atoms with van der Waals surface area (Å²) in [6, 6.07) is 5.89. The fourth-order valence-corrected chi connectivity index (χ4v) is 1.09. The van der Waals surface area contributed by atoms with Gasteiger partial charge in [0.25, 0.3) is 0 Å². The molecule has 0 aliphatic rings. The number of hydrogen-bond acceptors (Lipinski definition) is 2. The van der Waals surface area contributed by atoms with Crippen LogP contribution in [0.2, 0.25) is 0 Å². The number of rotatable bonds is 1. The molecule has 3 nitrogen and oxygen atoms in total. The third-order valence-electron chi connectivity index (χ3n) is 1.62. The van der Waals surface area contributed by atoms with E-state index in [9.17, 15) is 0 Å². The SMILES string of the molecule is NCc1cn2ccccc2n1. The Labute approximate surface area is 64.5 Å². The zero-order valence-electron chi connectivity index (χ0n) is 6.07. The van der Waals surface area contributed by atoms with Gasteiger partial charge in [-0.25, -0.2) is 4.98 Å². The Bertz CT molecular complexity index is 331. The van der Waals surface area contributed by atoms with E-state index in [1.807, 2.05) is 35.0 Å². The van der Waals surface area contributed by atoms with E-state index >= 15 is 0 Å². The first-order valence-corrected chi connectivity index (χ1v) is 3.53. The monoisotopic (exact) mass is 147 g/mol. The summed E-state index contributed by atoms with van der Waals surface area (Å²) in [5, 5.41) is 0. The van der Waals surface area contributed by atoms with Gasteiger partial charge >= 0.3 is 0 Å². The van der Waals surface area contributed by atoms with E-state index in [4.69, 9.17) is 5.73 Å². The Hall–Kier alpha value is -1.35. The maximum absolute atomic E-state index is 5.44. The second-order valence-corrected chi connectivity index (χ2v) is 2.40. The molecular formula is C8H9N3. The number of nitrogens with zero attached hydrogens (tertiary/aromatic N) is 2. The highest BCUT2D eigenvalue weighted by Crippen LogP contribution is 2.02. The molecule has 0 fully saturated rings. The molecule has 2 aromatic rings. The normalized spacial score (nSPS) is 10.6. The van der Waals surface area contributed by atoms with Gasteiger partial charge in [0.2, 0.25) is 0 Å². The van der Waals surface area contributed by atoms with Crippen LogP contribution in [-0.4, -0.2) is 9.38 Å². The molecule has 0 aromatic carbocycles. The molecule has 11 heavy (non-hydrogen) atoms. The van der Waals surface area contributed by atoms with Gasteiger partial charge in [-0.15, -0.1) is 0 Å². The van der Waals surface area contributed by atoms with Crippen LogP contribution in [0.3, 0.4) is 0 Å². The summed E-state index contributed by atoms with van der Waals surface area (Å²) in [6.07, 6.45) is 3.90. The third kappa shape index (κ3) is 0.991. The van der Waals surface area contributed by atoms with Crippen LogP contribution in [0.1, 0.15) is 5.69 Å². The van der Waals surface area contributed by atoms with Crippen molar-refractivity contribution in [2.45, 2.75) is 6.54 Å². The summed E-state index contributed by atoms with van der Waals surface area (Å²) in [7, 11) is 0. The van der Waals surface area contributed by atoms with Gasteiger partial charge < -0.3 is 10.1 Å². The van der Waals surface area contributed by atoms with E-state index in [-0.39, 0.29) is 0 Å². The van der Waals surface area contributed by atoms with Crippen LogP contribution < -0.4 is 5.73 Å². The number of fused-ring (bicyclic) bond motifs is 1. The molecule has 0 aliphatic carbocycles. The summed E-state index contributed by atoms with van der Waals surface area (Å²) in [5.41, 5.74) is 7.32. The van der Waals surface area contributed by atoms with Gasteiger partial charge in [-0.05, 0) is 12.1 Å². The van der Waals surface area contributed by atoms with Crippen LogP contribution in [0, 0.1) is 0 Å². The standard InChI is InChI=1S/C8H9N3/c9-5-7-6-11-4-2-1-3-8(11)10-7/h1-4,6H,5,9H2. The molecular weight excluding hydrogens is 138 g/mol. The van der Waals surface area contributed by atoms with E-state index < -0.39 is 0 Å². The van der Waals surface area contributed by atoms with Gasteiger partial charge in [0.15, 0.2) is 0 Å². The molecule has 2 N–H and O–H groups in total. The Morgan fingerprint density at radius 2 is 2.36 bits per heavy atom. The topological polar surface area (TPSA) is 43.3 Å². The van der Waals surface area contributed by atoms with E-state index in [0.29, 0.717) is 6.54 Å². The van der Waals surface area contributed by atoms with Crippen molar-refractivity contribution in [3.05, 3.63) is 36.3 Å². The van der Waals surface area contributed by atoms with Gasteiger partial charge in [-0.3, -0.25) is 0 Å². The molecule has 56 valence electrons. The molecule has 3 heteroatoms. The van der Waals surface area contributed by atoms with Crippen molar-refractivity contribution >= 4 is 5.65 Å². The van der Waals surface area contributed by atoms with Crippen LogP contribution in [0.15, 0.2) is 30.6 Å². The maximum Gasteiger partial charge on any atom is 0.137 e. The minimum atomic E-state index is 0.502. The fourth-order valence-electron chi connectivity index (χ4n) is 1.09. The molecule has 0 spiro atoms. The lowest BCUT2D eigenvalue weighted by Gasteiger charge is -1.86. The van der Waals surface area contributed by atoms with Gasteiger partial charge in [0.05, 0.1) is 5.69 Å².